The summed E-state index contributed by atoms with van der Waals surface area (Å²) in [6, 6.07) is 18.6. The number of nitrogens with one attached hydrogen (secondary N) is 2. The van der Waals surface area contributed by atoms with Gasteiger partial charge in [-0.05, 0) is 54.6 Å². The highest BCUT2D eigenvalue weighted by Gasteiger charge is 2.18. The van der Waals surface area contributed by atoms with Crippen molar-refractivity contribution in [2.75, 3.05) is 47.0 Å². The van der Waals surface area contributed by atoms with Gasteiger partial charge in [-0.1, -0.05) is 35.5 Å². The number of hydrogen-bond donors (Lipinski definition) is 2. The number of benzene rings is 3. The average molecular weight is 559 g/mol. The van der Waals surface area contributed by atoms with Crippen molar-refractivity contribution in [3.63, 3.8) is 0 Å². The quantitative estimate of drug-likeness (QED) is 0.295. The van der Waals surface area contributed by atoms with E-state index in [4.69, 9.17) is 20.8 Å². The number of carbonyl (C=O) groups is 1. The van der Waals surface area contributed by atoms with Gasteiger partial charge in [0.1, 0.15) is 5.52 Å². The summed E-state index contributed by atoms with van der Waals surface area (Å²) >= 11 is 7.19. The molecule has 1 aliphatic heterocycles. The van der Waals surface area contributed by atoms with Crippen LogP contribution in [0.25, 0.3) is 11.1 Å². The number of rotatable bonds is 8. The van der Waals surface area contributed by atoms with Gasteiger partial charge in [0.2, 0.25) is 5.91 Å². The second-order valence-electron chi connectivity index (χ2n) is 8.18. The normalized spacial score (nSPS) is 14.0. The zero-order valence-corrected chi connectivity index (χ0v) is 21.9. The number of aromatic nitrogens is 1. The fourth-order valence-corrected chi connectivity index (χ4v) is 5.74. The number of ether oxygens (including phenoxy) is 1. The molecule has 9 nitrogen and oxygen atoms in total. The summed E-state index contributed by atoms with van der Waals surface area (Å²) < 4.78 is 39.1. The third kappa shape index (κ3) is 6.19. The van der Waals surface area contributed by atoms with Gasteiger partial charge in [-0.25, -0.2) is 13.4 Å². The minimum atomic E-state index is -3.89. The first-order valence-corrected chi connectivity index (χ1v) is 14.3. The van der Waals surface area contributed by atoms with Crippen molar-refractivity contribution in [1.29, 1.82) is 0 Å². The summed E-state index contributed by atoms with van der Waals surface area (Å²) in [5.74, 6) is -0.129. The standard InChI is InChI=1S/C25H23ClN4O5S2/c26-20-3-1-2-4-21(20)29-37(32,33)19-9-10-23-22(15-19)28-25(35-23)36-16-24(31)27-17-5-7-18(8-6-17)30-11-13-34-14-12-30/h1-10,15,29H,11-14,16H2,(H,27,31). The minimum absolute atomic E-state index is 0.0167. The van der Waals surface area contributed by atoms with E-state index < -0.39 is 10.0 Å². The highest BCUT2D eigenvalue weighted by Crippen LogP contribution is 2.28. The third-order valence-corrected chi connectivity index (χ3v) is 8.14. The number of thioether (sulfide) groups is 1. The molecule has 3 aromatic carbocycles. The Morgan fingerprint density at radius 3 is 2.57 bits per heavy atom. The molecule has 2 N–H and O–H groups in total. The van der Waals surface area contributed by atoms with E-state index in [2.05, 4.69) is 19.9 Å². The number of anilines is 3. The maximum absolute atomic E-state index is 12.8. The van der Waals surface area contributed by atoms with E-state index in [1.54, 1.807) is 24.3 Å². The topological polar surface area (TPSA) is 114 Å². The van der Waals surface area contributed by atoms with Crippen LogP contribution in [0.15, 0.2) is 81.3 Å². The van der Waals surface area contributed by atoms with Crippen LogP contribution in [0.1, 0.15) is 0 Å². The molecule has 1 fully saturated rings. The molecule has 192 valence electrons. The van der Waals surface area contributed by atoms with Gasteiger partial charge in [-0.2, -0.15) is 0 Å². The maximum Gasteiger partial charge on any atom is 0.262 e. The van der Waals surface area contributed by atoms with Crippen molar-refractivity contribution < 1.29 is 22.4 Å². The number of hydrogen-bond acceptors (Lipinski definition) is 8. The fraction of sp³-hybridized carbons (Fsp3) is 0.200. The SMILES string of the molecule is O=C(CSc1nc2cc(S(=O)(=O)Nc3ccccc3Cl)ccc2o1)Nc1ccc(N2CCOCC2)cc1. The first kappa shape index (κ1) is 25.4. The molecule has 5 rings (SSSR count). The molecule has 12 heteroatoms. The third-order valence-electron chi connectivity index (χ3n) is 5.62. The highest BCUT2D eigenvalue weighted by molar-refractivity contribution is 7.99. The molecule has 0 radical (unpaired) electrons. The molecule has 37 heavy (non-hydrogen) atoms. The molecule has 1 saturated heterocycles. The van der Waals surface area contributed by atoms with Gasteiger partial charge in [0, 0.05) is 24.5 Å². The maximum atomic E-state index is 12.8. The number of fused-ring (bicyclic) bond motifs is 1. The van der Waals surface area contributed by atoms with Crippen LogP contribution in [0.3, 0.4) is 0 Å². The summed E-state index contributed by atoms with van der Waals surface area (Å²) in [7, 11) is -3.89. The molecule has 0 aliphatic carbocycles. The van der Waals surface area contributed by atoms with Gasteiger partial charge >= 0.3 is 0 Å². The summed E-state index contributed by atoms with van der Waals surface area (Å²) in [4.78, 5) is 19.0. The number of halogens is 1. The van der Waals surface area contributed by atoms with Gasteiger partial charge < -0.3 is 19.4 Å². The van der Waals surface area contributed by atoms with Crippen molar-refractivity contribution in [1.82, 2.24) is 4.98 Å². The Bertz CT molecular complexity index is 1520. The molecule has 0 saturated carbocycles. The van der Waals surface area contributed by atoms with Crippen molar-refractivity contribution in [3.05, 3.63) is 71.8 Å². The second-order valence-corrected chi connectivity index (χ2v) is 11.2. The monoisotopic (exact) mass is 558 g/mol. The summed E-state index contributed by atoms with van der Waals surface area (Å²) in [5.41, 5.74) is 2.84. The molecule has 1 amide bonds. The van der Waals surface area contributed by atoms with E-state index in [1.807, 2.05) is 24.3 Å². The lowest BCUT2D eigenvalue weighted by atomic mass is 10.2. The van der Waals surface area contributed by atoms with Crippen LogP contribution in [0, 0.1) is 0 Å². The molecular weight excluding hydrogens is 536 g/mol. The van der Waals surface area contributed by atoms with Gasteiger partial charge in [-0.3, -0.25) is 9.52 Å². The van der Waals surface area contributed by atoms with Crippen molar-refractivity contribution in [3.8, 4) is 0 Å². The van der Waals surface area contributed by atoms with Crippen molar-refractivity contribution in [2.45, 2.75) is 10.1 Å². The van der Waals surface area contributed by atoms with Crippen LogP contribution in [-0.4, -0.2) is 51.4 Å². The van der Waals surface area contributed by atoms with Crippen LogP contribution < -0.4 is 14.9 Å². The minimum Gasteiger partial charge on any atom is -0.431 e. The molecule has 0 atom stereocenters. The fourth-order valence-electron chi connectivity index (χ4n) is 3.76. The van der Waals surface area contributed by atoms with Crippen LogP contribution in [0.5, 0.6) is 0 Å². The van der Waals surface area contributed by atoms with Gasteiger partial charge in [0.15, 0.2) is 5.58 Å². The molecule has 0 bridgehead atoms. The predicted octanol–water partition coefficient (Wildman–Crippen LogP) is 4.85. The van der Waals surface area contributed by atoms with Crippen LogP contribution in [0.4, 0.5) is 17.1 Å². The smallest absolute Gasteiger partial charge is 0.262 e. The molecule has 4 aromatic rings. The average Bonchev–Trinajstić information content (AvgIpc) is 3.32. The molecular formula is C25H23ClN4O5S2. The number of carbonyl (C=O) groups excluding carboxylic acids is 1. The molecule has 2 heterocycles. The number of para-hydroxylation sites is 1. The Kier molecular flexibility index (Phi) is 7.56. The Balaban J connectivity index is 1.20. The Labute approximate surface area is 223 Å². The molecule has 1 aliphatic rings. The number of nitrogens with zero attached hydrogens (tertiary/aromatic N) is 2. The Hall–Kier alpha value is -3.25. The van der Waals surface area contributed by atoms with E-state index >= 15 is 0 Å². The van der Waals surface area contributed by atoms with E-state index in [0.29, 0.717) is 35.0 Å². The first-order chi connectivity index (χ1) is 17.9. The van der Waals surface area contributed by atoms with Crippen molar-refractivity contribution in [2.24, 2.45) is 0 Å². The predicted molar refractivity (Wildman–Crippen MR) is 145 cm³/mol. The lowest BCUT2D eigenvalue weighted by Crippen LogP contribution is -2.36. The van der Waals surface area contributed by atoms with E-state index in [0.717, 1.165) is 30.5 Å². The number of amides is 1. The largest absolute Gasteiger partial charge is 0.431 e. The Morgan fingerprint density at radius 2 is 1.81 bits per heavy atom. The Morgan fingerprint density at radius 1 is 1.05 bits per heavy atom. The van der Waals surface area contributed by atoms with Crippen LogP contribution in [0.2, 0.25) is 5.02 Å². The first-order valence-electron chi connectivity index (χ1n) is 11.4. The molecule has 1 aromatic heterocycles. The number of oxazole rings is 1. The van der Waals surface area contributed by atoms with E-state index in [1.165, 1.54) is 18.2 Å². The zero-order valence-electron chi connectivity index (χ0n) is 19.5. The highest BCUT2D eigenvalue weighted by atomic mass is 35.5. The van der Waals surface area contributed by atoms with Crippen LogP contribution in [-0.2, 0) is 19.6 Å². The second kappa shape index (κ2) is 11.0. The summed E-state index contributed by atoms with van der Waals surface area (Å²) in [6.07, 6.45) is 0. The van der Waals surface area contributed by atoms with Crippen LogP contribution >= 0.6 is 23.4 Å². The summed E-state index contributed by atoms with van der Waals surface area (Å²) in [5, 5.41) is 3.42. The van der Waals surface area contributed by atoms with Gasteiger partial charge in [0.05, 0.1) is 34.6 Å². The van der Waals surface area contributed by atoms with Gasteiger partial charge in [0.25, 0.3) is 15.2 Å². The summed E-state index contributed by atoms with van der Waals surface area (Å²) in [6.45, 7) is 3.11. The molecule has 0 unspecified atom stereocenters. The van der Waals surface area contributed by atoms with Crippen molar-refractivity contribution >= 4 is 67.5 Å². The van der Waals surface area contributed by atoms with E-state index in [9.17, 15) is 13.2 Å². The number of morpholine rings is 1. The lowest BCUT2D eigenvalue weighted by Gasteiger charge is -2.28. The number of sulfonamides is 1. The molecule has 0 spiro atoms. The lowest BCUT2D eigenvalue weighted by molar-refractivity contribution is -0.113. The van der Waals surface area contributed by atoms with Gasteiger partial charge in [-0.15, -0.1) is 0 Å². The van der Waals surface area contributed by atoms with E-state index in [-0.39, 0.29) is 27.5 Å². The zero-order chi connectivity index (χ0) is 25.8.